The summed E-state index contributed by atoms with van der Waals surface area (Å²) in [7, 11) is 3.31. The summed E-state index contributed by atoms with van der Waals surface area (Å²) in [6.07, 6.45) is 2.20. The number of carbonyl (C=O) groups is 1. The molecular formula is C24H31Cl2KN6O2. The van der Waals surface area contributed by atoms with Crippen molar-refractivity contribution in [3.8, 4) is 17.5 Å². The number of nitrogens with two attached hydrogens (primary N) is 1. The van der Waals surface area contributed by atoms with Gasteiger partial charge in [0.2, 0.25) is 6.41 Å². The van der Waals surface area contributed by atoms with Gasteiger partial charge in [-0.25, -0.2) is 10.8 Å². The summed E-state index contributed by atoms with van der Waals surface area (Å²) >= 11 is 11.6. The Balaban J connectivity index is 0. The van der Waals surface area contributed by atoms with Crippen LogP contribution in [0.5, 0.6) is 0 Å². The molecule has 1 aromatic heterocycles. The van der Waals surface area contributed by atoms with Gasteiger partial charge in [-0.15, -0.1) is 5.60 Å². The number of hydrogen-bond donors (Lipinski definition) is 1. The molecule has 2 N–H and O–H groups in total. The zero-order valence-corrected chi connectivity index (χ0v) is 26.1. The molecule has 0 radical (unpaired) electrons. The topological polar surface area (TPSA) is 124 Å². The van der Waals surface area contributed by atoms with E-state index in [1.807, 2.05) is 45.2 Å². The molecule has 0 unspecified atom stereocenters. The summed E-state index contributed by atoms with van der Waals surface area (Å²) in [5.41, 5.74) is 2.97. The van der Waals surface area contributed by atoms with E-state index in [0.717, 1.165) is 21.7 Å². The number of rotatable bonds is 2. The van der Waals surface area contributed by atoms with Crippen molar-refractivity contribution in [3.63, 3.8) is 0 Å². The second-order valence-electron chi connectivity index (χ2n) is 8.16. The fourth-order valence-electron chi connectivity index (χ4n) is 2.01. The first-order chi connectivity index (χ1) is 15.7. The van der Waals surface area contributed by atoms with Crippen LogP contribution in [0, 0.1) is 25.2 Å². The smallest absolute Gasteiger partial charge is 0.850 e. The van der Waals surface area contributed by atoms with Gasteiger partial charge in [-0.05, 0) is 49.2 Å². The van der Waals surface area contributed by atoms with Crippen molar-refractivity contribution in [2.45, 2.75) is 40.2 Å². The summed E-state index contributed by atoms with van der Waals surface area (Å²) in [5, 5.41) is 25.1. The van der Waals surface area contributed by atoms with Crippen LogP contribution in [0.3, 0.4) is 0 Å². The largest absolute Gasteiger partial charge is 1.00 e. The zero-order chi connectivity index (χ0) is 26.5. The quantitative estimate of drug-likeness (QED) is 0.169. The molecule has 1 heterocycles. The minimum Gasteiger partial charge on any atom is -0.850 e. The summed E-state index contributed by atoms with van der Waals surface area (Å²) < 4.78 is 1.68. The van der Waals surface area contributed by atoms with Gasteiger partial charge in [0.1, 0.15) is 6.33 Å². The third kappa shape index (κ3) is 17.7. The Kier molecular flexibility index (Phi) is 18.4. The number of nitrogens with zero attached hydrogens (tertiary/aromatic N) is 5. The van der Waals surface area contributed by atoms with Crippen LogP contribution in [0.25, 0.3) is 11.4 Å². The van der Waals surface area contributed by atoms with Crippen molar-refractivity contribution in [2.75, 3.05) is 7.05 Å². The maximum absolute atomic E-state index is 10.1. The number of hydrazine groups is 1. The minimum atomic E-state index is -0.750. The molecule has 0 spiro atoms. The van der Waals surface area contributed by atoms with E-state index in [0.29, 0.717) is 27.8 Å². The Bertz CT molecular complexity index is 1090. The third-order valence-corrected chi connectivity index (χ3v) is 4.00. The fraction of sp³-hybridized carbons (Fsp3) is 0.333. The van der Waals surface area contributed by atoms with Crippen molar-refractivity contribution >= 4 is 29.6 Å². The van der Waals surface area contributed by atoms with E-state index in [4.69, 9.17) is 34.3 Å². The molecule has 0 bridgehead atoms. The van der Waals surface area contributed by atoms with Crippen LogP contribution in [0.1, 0.15) is 37.5 Å². The SMILES string of the molecule is CC(C)(C)[O-].CN(N)C=O.Cc1ccc(Cl)cc1-c1ncn(C)n1.Cc1ccc(Cl)cc1C#N.[K+]. The van der Waals surface area contributed by atoms with Crippen molar-refractivity contribution in [2.24, 2.45) is 12.9 Å². The molecule has 11 heteroatoms. The zero-order valence-electron chi connectivity index (χ0n) is 21.5. The van der Waals surface area contributed by atoms with Crippen LogP contribution in [-0.2, 0) is 11.8 Å². The fourth-order valence-corrected chi connectivity index (χ4v) is 2.36. The van der Waals surface area contributed by atoms with Gasteiger partial charge >= 0.3 is 51.4 Å². The first-order valence-corrected chi connectivity index (χ1v) is 10.8. The molecule has 3 rings (SSSR count). The number of aromatic nitrogens is 3. The molecule has 0 aliphatic heterocycles. The monoisotopic (exact) mass is 544 g/mol. The Labute approximate surface area is 260 Å². The van der Waals surface area contributed by atoms with Gasteiger partial charge in [0.05, 0.1) is 11.6 Å². The van der Waals surface area contributed by atoms with E-state index in [1.54, 1.807) is 43.9 Å². The molecule has 2 aromatic carbocycles. The number of aryl methyl sites for hydroxylation is 3. The molecule has 0 aliphatic carbocycles. The van der Waals surface area contributed by atoms with Crippen molar-refractivity contribution in [3.05, 3.63) is 69.5 Å². The molecule has 0 aliphatic rings. The molecule has 0 atom stereocenters. The second-order valence-corrected chi connectivity index (χ2v) is 9.03. The summed E-state index contributed by atoms with van der Waals surface area (Å²) in [4.78, 5) is 13.5. The number of carbonyl (C=O) groups excluding carboxylic acids is 1. The van der Waals surface area contributed by atoms with E-state index >= 15 is 0 Å². The van der Waals surface area contributed by atoms with Crippen LogP contribution in [0.15, 0.2) is 42.7 Å². The third-order valence-electron chi connectivity index (χ3n) is 3.53. The summed E-state index contributed by atoms with van der Waals surface area (Å²) in [6.45, 7) is 8.80. The summed E-state index contributed by atoms with van der Waals surface area (Å²) in [6, 6.07) is 13.0. The Morgan fingerprint density at radius 2 is 1.57 bits per heavy atom. The van der Waals surface area contributed by atoms with Gasteiger partial charge in [-0.3, -0.25) is 14.5 Å². The average Bonchev–Trinajstić information content (AvgIpc) is 3.17. The molecule has 0 saturated carbocycles. The standard InChI is InChI=1S/C10H10ClN3.C8H6ClN.C4H9O.C2H6N2O.K/c1-7-3-4-8(11)5-9(7)10-12-6-14(2)13-10;1-6-2-3-8(9)4-7(6)5-10;1-4(2,3)5;1-4(3)2-5;/h3-6H,1-2H3;2-4H,1H3;1-3H3;2H,3H2,1H3;/q;;-1;;+1. The normalized spacial score (nSPS) is 9.43. The van der Waals surface area contributed by atoms with Crippen molar-refractivity contribution in [1.29, 1.82) is 5.26 Å². The van der Waals surface area contributed by atoms with Gasteiger partial charge in [0.25, 0.3) is 0 Å². The second kappa shape index (κ2) is 18.0. The molecular weight excluding hydrogens is 514 g/mol. The van der Waals surface area contributed by atoms with Crippen LogP contribution >= 0.6 is 23.2 Å². The van der Waals surface area contributed by atoms with E-state index in [1.165, 1.54) is 7.05 Å². The molecule has 1 amide bonds. The molecule has 35 heavy (non-hydrogen) atoms. The van der Waals surface area contributed by atoms with E-state index < -0.39 is 5.60 Å². The maximum atomic E-state index is 10.1. The van der Waals surface area contributed by atoms with Gasteiger partial charge in [-0.1, -0.05) is 56.1 Å². The summed E-state index contributed by atoms with van der Waals surface area (Å²) in [5.74, 6) is 5.47. The van der Waals surface area contributed by atoms with Crippen LogP contribution in [0.2, 0.25) is 10.0 Å². The van der Waals surface area contributed by atoms with E-state index in [2.05, 4.69) is 16.2 Å². The number of nitriles is 1. The molecule has 3 aromatic rings. The van der Waals surface area contributed by atoms with Crippen LogP contribution < -0.4 is 62.3 Å². The van der Waals surface area contributed by atoms with Gasteiger partial charge < -0.3 is 5.11 Å². The van der Waals surface area contributed by atoms with Crippen molar-refractivity contribution < 1.29 is 61.3 Å². The van der Waals surface area contributed by atoms with Gasteiger partial charge in [-0.2, -0.15) is 10.4 Å². The van der Waals surface area contributed by atoms with Crippen molar-refractivity contribution in [1.82, 2.24) is 19.8 Å². The first-order valence-electron chi connectivity index (χ1n) is 10.1. The molecule has 8 nitrogen and oxygen atoms in total. The number of benzene rings is 2. The van der Waals surface area contributed by atoms with E-state index in [-0.39, 0.29) is 51.4 Å². The maximum Gasteiger partial charge on any atom is 1.00 e. The molecule has 0 saturated heterocycles. The van der Waals surface area contributed by atoms with Crippen LogP contribution in [0.4, 0.5) is 0 Å². The van der Waals surface area contributed by atoms with Gasteiger partial charge in [0.15, 0.2) is 5.82 Å². The number of hydrogen-bond acceptors (Lipinski definition) is 6. The van der Waals surface area contributed by atoms with Crippen LogP contribution in [-0.4, -0.2) is 38.8 Å². The Hall–Kier alpha value is -1.32. The number of amides is 1. The average molecular weight is 546 g/mol. The number of halogens is 2. The van der Waals surface area contributed by atoms with Gasteiger partial charge in [0, 0.05) is 29.7 Å². The van der Waals surface area contributed by atoms with E-state index in [9.17, 15) is 9.90 Å². The Morgan fingerprint density at radius 3 is 1.94 bits per heavy atom. The minimum absolute atomic E-state index is 0. The molecule has 0 fully saturated rings. The Morgan fingerprint density at radius 1 is 1.11 bits per heavy atom. The predicted octanol–water partition coefficient (Wildman–Crippen LogP) is 1.06. The predicted molar refractivity (Wildman–Crippen MR) is 135 cm³/mol. The molecule has 184 valence electrons. The first kappa shape index (κ1) is 35.8.